The molecule has 28 heavy (non-hydrogen) atoms. The molecular formula is C21H25ClN2O4. The van der Waals surface area contributed by atoms with Crippen molar-refractivity contribution < 1.29 is 19.0 Å². The first kappa shape index (κ1) is 20.3. The topological polar surface area (TPSA) is 51.2 Å². The minimum atomic E-state index is -0.0693. The largest absolute Gasteiger partial charge is 0.493 e. The van der Waals surface area contributed by atoms with Gasteiger partial charge in [-0.25, -0.2) is 0 Å². The molecule has 150 valence electrons. The monoisotopic (exact) mass is 404 g/mol. The molecule has 7 heteroatoms. The van der Waals surface area contributed by atoms with E-state index in [1.54, 1.807) is 19.2 Å². The SMILES string of the molecule is COc1ccc(C(=O)N2CCN(Cc3cccc(Cl)c3)CC2)c(OC)c1OC. The molecule has 0 radical (unpaired) electrons. The first-order valence-electron chi connectivity index (χ1n) is 9.12. The van der Waals surface area contributed by atoms with Crippen LogP contribution in [0.2, 0.25) is 5.02 Å². The van der Waals surface area contributed by atoms with E-state index in [9.17, 15) is 4.79 Å². The van der Waals surface area contributed by atoms with Gasteiger partial charge in [0, 0.05) is 37.7 Å². The highest BCUT2D eigenvalue weighted by atomic mass is 35.5. The normalized spacial score (nSPS) is 14.6. The van der Waals surface area contributed by atoms with E-state index in [1.807, 2.05) is 23.1 Å². The van der Waals surface area contributed by atoms with E-state index in [-0.39, 0.29) is 5.91 Å². The van der Waals surface area contributed by atoms with Crippen LogP contribution in [0.3, 0.4) is 0 Å². The van der Waals surface area contributed by atoms with Crippen molar-refractivity contribution in [3.63, 3.8) is 0 Å². The van der Waals surface area contributed by atoms with Crippen LogP contribution in [0.4, 0.5) is 0 Å². The maximum atomic E-state index is 13.1. The summed E-state index contributed by atoms with van der Waals surface area (Å²) in [7, 11) is 4.61. The predicted molar refractivity (Wildman–Crippen MR) is 109 cm³/mol. The van der Waals surface area contributed by atoms with Gasteiger partial charge in [-0.2, -0.15) is 0 Å². The fraction of sp³-hybridized carbons (Fsp3) is 0.381. The number of hydrogen-bond acceptors (Lipinski definition) is 5. The molecule has 0 N–H and O–H groups in total. The summed E-state index contributed by atoms with van der Waals surface area (Å²) in [5, 5.41) is 0.742. The smallest absolute Gasteiger partial charge is 0.257 e. The summed E-state index contributed by atoms with van der Waals surface area (Å²) in [5.41, 5.74) is 1.65. The van der Waals surface area contributed by atoms with Gasteiger partial charge >= 0.3 is 0 Å². The van der Waals surface area contributed by atoms with Gasteiger partial charge < -0.3 is 19.1 Å². The minimum absolute atomic E-state index is 0.0693. The molecule has 2 aromatic carbocycles. The molecule has 1 saturated heterocycles. The van der Waals surface area contributed by atoms with Gasteiger partial charge in [-0.3, -0.25) is 9.69 Å². The number of hydrogen-bond donors (Lipinski definition) is 0. The van der Waals surface area contributed by atoms with Gasteiger partial charge in [0.05, 0.1) is 26.9 Å². The minimum Gasteiger partial charge on any atom is -0.493 e. The third kappa shape index (κ3) is 4.34. The van der Waals surface area contributed by atoms with Crippen LogP contribution in [0.25, 0.3) is 0 Å². The Morgan fingerprint density at radius 3 is 2.29 bits per heavy atom. The van der Waals surface area contributed by atoms with Gasteiger partial charge in [-0.15, -0.1) is 0 Å². The second-order valence-corrected chi connectivity index (χ2v) is 7.02. The van der Waals surface area contributed by atoms with Crippen molar-refractivity contribution >= 4 is 17.5 Å². The first-order chi connectivity index (χ1) is 13.6. The predicted octanol–water partition coefficient (Wildman–Crippen LogP) is 3.32. The maximum absolute atomic E-state index is 13.1. The van der Waals surface area contributed by atoms with Crippen molar-refractivity contribution in [2.45, 2.75) is 6.54 Å². The number of carbonyl (C=O) groups is 1. The average Bonchev–Trinajstić information content (AvgIpc) is 2.72. The Bertz CT molecular complexity index is 835. The van der Waals surface area contributed by atoms with Gasteiger partial charge in [0.25, 0.3) is 5.91 Å². The Balaban J connectivity index is 1.68. The van der Waals surface area contributed by atoms with E-state index in [1.165, 1.54) is 19.8 Å². The lowest BCUT2D eigenvalue weighted by Gasteiger charge is -2.35. The quantitative estimate of drug-likeness (QED) is 0.739. The highest BCUT2D eigenvalue weighted by molar-refractivity contribution is 6.30. The summed E-state index contributed by atoms with van der Waals surface area (Å²) in [4.78, 5) is 17.2. The van der Waals surface area contributed by atoms with E-state index >= 15 is 0 Å². The zero-order chi connectivity index (χ0) is 20.1. The molecule has 1 fully saturated rings. The fourth-order valence-corrected chi connectivity index (χ4v) is 3.66. The molecule has 0 bridgehead atoms. The Kier molecular flexibility index (Phi) is 6.65. The third-order valence-electron chi connectivity index (χ3n) is 4.89. The number of benzene rings is 2. The summed E-state index contributed by atoms with van der Waals surface area (Å²) in [6.07, 6.45) is 0. The van der Waals surface area contributed by atoms with Crippen molar-refractivity contribution in [1.29, 1.82) is 0 Å². The number of ether oxygens (including phenoxy) is 3. The zero-order valence-electron chi connectivity index (χ0n) is 16.4. The van der Waals surface area contributed by atoms with E-state index in [2.05, 4.69) is 11.0 Å². The number of piperazine rings is 1. The molecule has 1 aliphatic heterocycles. The van der Waals surface area contributed by atoms with Gasteiger partial charge in [0.2, 0.25) is 5.75 Å². The van der Waals surface area contributed by atoms with Gasteiger partial charge in [0.1, 0.15) is 0 Å². The van der Waals surface area contributed by atoms with Gasteiger partial charge in [-0.05, 0) is 29.8 Å². The first-order valence-corrected chi connectivity index (χ1v) is 9.50. The number of carbonyl (C=O) groups excluding carboxylic acids is 1. The second-order valence-electron chi connectivity index (χ2n) is 6.58. The van der Waals surface area contributed by atoms with E-state index < -0.39 is 0 Å². The molecule has 0 spiro atoms. The molecule has 2 aromatic rings. The lowest BCUT2D eigenvalue weighted by molar-refractivity contribution is 0.0624. The second kappa shape index (κ2) is 9.17. The van der Waals surface area contributed by atoms with Crippen LogP contribution < -0.4 is 14.2 Å². The fourth-order valence-electron chi connectivity index (χ4n) is 3.44. The van der Waals surface area contributed by atoms with Crippen LogP contribution in [0, 0.1) is 0 Å². The van der Waals surface area contributed by atoms with Crippen molar-refractivity contribution in [3.05, 3.63) is 52.5 Å². The molecule has 0 saturated carbocycles. The molecule has 6 nitrogen and oxygen atoms in total. The van der Waals surface area contributed by atoms with Gasteiger partial charge in [0.15, 0.2) is 11.5 Å². The maximum Gasteiger partial charge on any atom is 0.257 e. The lowest BCUT2D eigenvalue weighted by atomic mass is 10.1. The molecule has 1 heterocycles. The van der Waals surface area contributed by atoms with Crippen molar-refractivity contribution in [1.82, 2.24) is 9.80 Å². The Labute approximate surface area is 170 Å². The van der Waals surface area contributed by atoms with Crippen LogP contribution in [-0.4, -0.2) is 63.2 Å². The highest BCUT2D eigenvalue weighted by Crippen LogP contribution is 2.40. The molecule has 0 aromatic heterocycles. The number of rotatable bonds is 6. The molecular weight excluding hydrogens is 380 g/mol. The average molecular weight is 405 g/mol. The molecule has 1 amide bonds. The summed E-state index contributed by atoms with van der Waals surface area (Å²) < 4.78 is 16.1. The van der Waals surface area contributed by atoms with E-state index in [4.69, 9.17) is 25.8 Å². The molecule has 0 aliphatic carbocycles. The highest BCUT2D eigenvalue weighted by Gasteiger charge is 2.27. The summed E-state index contributed by atoms with van der Waals surface area (Å²) in [5.74, 6) is 1.28. The molecule has 3 rings (SSSR count). The van der Waals surface area contributed by atoms with Crippen LogP contribution in [0.1, 0.15) is 15.9 Å². The Morgan fingerprint density at radius 2 is 1.68 bits per heavy atom. The summed E-state index contributed by atoms with van der Waals surface area (Å²) in [6.45, 7) is 3.72. The molecule has 0 atom stereocenters. The summed E-state index contributed by atoms with van der Waals surface area (Å²) >= 11 is 6.07. The van der Waals surface area contributed by atoms with Crippen molar-refractivity contribution in [2.75, 3.05) is 47.5 Å². The molecule has 0 unspecified atom stereocenters. The zero-order valence-corrected chi connectivity index (χ0v) is 17.2. The van der Waals surface area contributed by atoms with Crippen molar-refractivity contribution in [3.8, 4) is 17.2 Å². The lowest BCUT2D eigenvalue weighted by Crippen LogP contribution is -2.48. The number of nitrogens with zero attached hydrogens (tertiary/aromatic N) is 2. The number of amides is 1. The van der Waals surface area contributed by atoms with Gasteiger partial charge in [-0.1, -0.05) is 23.7 Å². The van der Waals surface area contributed by atoms with Crippen LogP contribution in [0.5, 0.6) is 17.2 Å². The Hall–Kier alpha value is -2.44. The summed E-state index contributed by atoms with van der Waals surface area (Å²) in [6, 6.07) is 11.3. The van der Waals surface area contributed by atoms with Crippen LogP contribution >= 0.6 is 11.6 Å². The van der Waals surface area contributed by atoms with Crippen LogP contribution in [-0.2, 0) is 6.54 Å². The van der Waals surface area contributed by atoms with Crippen LogP contribution in [0.15, 0.2) is 36.4 Å². The third-order valence-corrected chi connectivity index (χ3v) is 5.12. The molecule has 1 aliphatic rings. The van der Waals surface area contributed by atoms with E-state index in [0.29, 0.717) is 35.9 Å². The standard InChI is InChI=1S/C21H25ClN2O4/c1-26-18-8-7-17(19(27-2)20(18)28-3)21(25)24-11-9-23(10-12-24)14-15-5-4-6-16(22)13-15/h4-8,13H,9-12,14H2,1-3H3. The van der Waals surface area contributed by atoms with Crippen molar-refractivity contribution in [2.24, 2.45) is 0 Å². The number of methoxy groups -OCH3 is 3. The number of halogens is 1. The van der Waals surface area contributed by atoms with E-state index in [0.717, 1.165) is 24.7 Å². The Morgan fingerprint density at radius 1 is 0.964 bits per heavy atom.